The Bertz CT molecular complexity index is 1270. The predicted octanol–water partition coefficient (Wildman–Crippen LogP) is 19.4. The minimum Gasteiger partial charge on any atom is -0.462 e. The average Bonchev–Trinajstić information content (AvgIpc) is 3.34. The zero-order chi connectivity index (χ0) is 49.3. The maximum absolute atomic E-state index is 12.8. The fourth-order valence-corrected chi connectivity index (χ4v) is 8.12. The Hall–Kier alpha value is -3.15. The van der Waals surface area contributed by atoms with Crippen LogP contribution in [0.1, 0.15) is 284 Å². The van der Waals surface area contributed by atoms with Gasteiger partial charge in [-0.25, -0.2) is 0 Å². The number of unbranched alkanes of at least 4 members (excludes halogenated alkanes) is 29. The van der Waals surface area contributed by atoms with Crippen LogP contribution in [0.2, 0.25) is 0 Å². The lowest BCUT2D eigenvalue weighted by atomic mass is 10.0. The first-order chi connectivity index (χ1) is 33.5. The molecule has 0 saturated heterocycles. The molecule has 392 valence electrons. The van der Waals surface area contributed by atoms with Crippen LogP contribution in [0, 0.1) is 0 Å². The summed E-state index contributed by atoms with van der Waals surface area (Å²) in [7, 11) is 0. The minimum atomic E-state index is -0.807. The lowest BCUT2D eigenvalue weighted by Gasteiger charge is -2.18. The molecule has 68 heavy (non-hydrogen) atoms. The SMILES string of the molecule is CC/C=C\C/C=C\C/C=C\C/C=C\C/C=C\CCCC(=O)OC(COC(=O)CCCCCCC/C=C\CCCCCCCCCCC)COC(=O)CCCCCCCCCCCCCCCCC. The maximum Gasteiger partial charge on any atom is 0.306 e. The van der Waals surface area contributed by atoms with E-state index in [4.69, 9.17) is 14.2 Å². The van der Waals surface area contributed by atoms with E-state index in [-0.39, 0.29) is 37.5 Å². The highest BCUT2D eigenvalue weighted by atomic mass is 16.6. The molecule has 0 bridgehead atoms. The molecule has 0 aliphatic heterocycles. The smallest absolute Gasteiger partial charge is 0.306 e. The number of esters is 3. The summed E-state index contributed by atoms with van der Waals surface area (Å²) < 4.78 is 16.8. The van der Waals surface area contributed by atoms with Crippen LogP contribution in [-0.4, -0.2) is 37.2 Å². The van der Waals surface area contributed by atoms with E-state index < -0.39 is 6.10 Å². The highest BCUT2D eigenvalue weighted by molar-refractivity contribution is 5.71. The molecule has 6 nitrogen and oxygen atoms in total. The van der Waals surface area contributed by atoms with Crippen LogP contribution < -0.4 is 0 Å². The summed E-state index contributed by atoms with van der Waals surface area (Å²) in [6.45, 7) is 6.50. The number of carbonyl (C=O) groups excluding carboxylic acids is 3. The fourth-order valence-electron chi connectivity index (χ4n) is 8.12. The third kappa shape index (κ3) is 53.8. The Labute approximate surface area is 421 Å². The van der Waals surface area contributed by atoms with Crippen molar-refractivity contribution in [3.63, 3.8) is 0 Å². The van der Waals surface area contributed by atoms with Gasteiger partial charge in [0.15, 0.2) is 6.10 Å². The molecular formula is C62H108O6. The van der Waals surface area contributed by atoms with Gasteiger partial charge in [0.05, 0.1) is 0 Å². The van der Waals surface area contributed by atoms with Gasteiger partial charge >= 0.3 is 17.9 Å². The zero-order valence-electron chi connectivity index (χ0n) is 44.9. The van der Waals surface area contributed by atoms with E-state index in [1.165, 1.54) is 154 Å². The average molecular weight is 950 g/mol. The van der Waals surface area contributed by atoms with Crippen LogP contribution in [0.3, 0.4) is 0 Å². The van der Waals surface area contributed by atoms with Crippen molar-refractivity contribution in [2.24, 2.45) is 0 Å². The fraction of sp³-hybridized carbons (Fsp3) is 0.758. The van der Waals surface area contributed by atoms with Crippen molar-refractivity contribution >= 4 is 17.9 Å². The second-order valence-electron chi connectivity index (χ2n) is 19.2. The van der Waals surface area contributed by atoms with Crippen LogP contribution in [0.5, 0.6) is 0 Å². The van der Waals surface area contributed by atoms with Crippen LogP contribution in [-0.2, 0) is 28.6 Å². The van der Waals surface area contributed by atoms with Crippen molar-refractivity contribution < 1.29 is 28.6 Å². The molecule has 0 amide bonds. The molecule has 6 heteroatoms. The first kappa shape index (κ1) is 64.8. The van der Waals surface area contributed by atoms with E-state index in [1.807, 2.05) is 0 Å². The Kier molecular flexibility index (Phi) is 53.8. The van der Waals surface area contributed by atoms with Crippen LogP contribution in [0.25, 0.3) is 0 Å². The van der Waals surface area contributed by atoms with Gasteiger partial charge in [-0.1, -0.05) is 254 Å². The highest BCUT2D eigenvalue weighted by Gasteiger charge is 2.19. The maximum atomic E-state index is 12.8. The van der Waals surface area contributed by atoms with Crippen LogP contribution in [0.4, 0.5) is 0 Å². The quantitative estimate of drug-likeness (QED) is 0.0262. The molecule has 1 atom stereocenters. The van der Waals surface area contributed by atoms with Crippen molar-refractivity contribution in [2.45, 2.75) is 290 Å². The molecule has 0 N–H and O–H groups in total. The number of hydrogen-bond donors (Lipinski definition) is 0. The Morgan fingerprint density at radius 2 is 0.588 bits per heavy atom. The highest BCUT2D eigenvalue weighted by Crippen LogP contribution is 2.16. The summed E-state index contributed by atoms with van der Waals surface area (Å²) in [6, 6.07) is 0. The number of carbonyl (C=O) groups is 3. The van der Waals surface area contributed by atoms with Crippen molar-refractivity contribution in [1.82, 2.24) is 0 Å². The molecule has 0 spiro atoms. The van der Waals surface area contributed by atoms with E-state index >= 15 is 0 Å². The van der Waals surface area contributed by atoms with E-state index in [2.05, 4.69) is 93.7 Å². The van der Waals surface area contributed by atoms with Crippen LogP contribution in [0.15, 0.2) is 72.9 Å². The van der Waals surface area contributed by atoms with Gasteiger partial charge in [-0.05, 0) is 83.5 Å². The Morgan fingerprint density at radius 1 is 0.309 bits per heavy atom. The molecule has 0 aromatic carbocycles. The predicted molar refractivity (Wildman–Crippen MR) is 293 cm³/mol. The molecule has 0 aromatic heterocycles. The summed E-state index contributed by atoms with van der Waals surface area (Å²) in [4.78, 5) is 38.1. The van der Waals surface area contributed by atoms with Gasteiger partial charge in [0.1, 0.15) is 13.2 Å². The van der Waals surface area contributed by atoms with E-state index in [0.29, 0.717) is 19.3 Å². The van der Waals surface area contributed by atoms with Crippen molar-refractivity contribution in [3.05, 3.63) is 72.9 Å². The summed E-state index contributed by atoms with van der Waals surface area (Å²) in [5, 5.41) is 0. The lowest BCUT2D eigenvalue weighted by Crippen LogP contribution is -2.30. The number of hydrogen-bond acceptors (Lipinski definition) is 6. The molecule has 0 saturated carbocycles. The molecule has 0 aliphatic carbocycles. The van der Waals surface area contributed by atoms with E-state index in [0.717, 1.165) is 83.5 Å². The van der Waals surface area contributed by atoms with Gasteiger partial charge in [-0.15, -0.1) is 0 Å². The topological polar surface area (TPSA) is 78.9 Å². The molecule has 1 unspecified atom stereocenters. The van der Waals surface area contributed by atoms with Crippen molar-refractivity contribution in [3.8, 4) is 0 Å². The molecular weight excluding hydrogens is 841 g/mol. The monoisotopic (exact) mass is 949 g/mol. The summed E-state index contributed by atoms with van der Waals surface area (Å²) >= 11 is 0. The Balaban J connectivity index is 4.46. The number of allylic oxidation sites excluding steroid dienone is 12. The van der Waals surface area contributed by atoms with E-state index in [1.54, 1.807) is 0 Å². The van der Waals surface area contributed by atoms with Gasteiger partial charge in [-0.3, -0.25) is 14.4 Å². The molecule has 0 aromatic rings. The third-order valence-electron chi connectivity index (χ3n) is 12.4. The second kappa shape index (κ2) is 56.4. The van der Waals surface area contributed by atoms with Crippen LogP contribution >= 0.6 is 0 Å². The van der Waals surface area contributed by atoms with E-state index in [9.17, 15) is 14.4 Å². The second-order valence-corrected chi connectivity index (χ2v) is 19.2. The Morgan fingerprint density at radius 3 is 0.956 bits per heavy atom. The van der Waals surface area contributed by atoms with Gasteiger partial charge < -0.3 is 14.2 Å². The zero-order valence-corrected chi connectivity index (χ0v) is 44.9. The number of rotatable bonds is 52. The molecule has 0 heterocycles. The van der Waals surface area contributed by atoms with Gasteiger partial charge in [0.25, 0.3) is 0 Å². The van der Waals surface area contributed by atoms with Gasteiger partial charge in [-0.2, -0.15) is 0 Å². The normalized spacial score (nSPS) is 12.6. The minimum absolute atomic E-state index is 0.0982. The standard InChI is InChI=1S/C62H108O6/c1-4-7-10-13-16-19-22-25-28-30-32-34-37-40-43-46-49-52-55-61(64)67-58-59(57-66-60(63)54-51-48-45-42-39-36-33-27-24-21-18-15-12-9-6-3)68-62(65)56-53-50-47-44-41-38-35-31-29-26-23-20-17-14-11-8-5-2/h8,11,17,20,26,29,32,34-35,38,44,47,59H,4-7,9-10,12-16,18-19,21-25,27-28,30-31,33,36-37,39-43,45-46,48-58H2,1-3H3/b11-8-,20-17-,29-26-,34-32-,38-35-,47-44-. The first-order valence-corrected chi connectivity index (χ1v) is 28.9. The first-order valence-electron chi connectivity index (χ1n) is 28.9. The van der Waals surface area contributed by atoms with Gasteiger partial charge in [0.2, 0.25) is 0 Å². The largest absolute Gasteiger partial charge is 0.462 e. The van der Waals surface area contributed by atoms with Crippen molar-refractivity contribution in [2.75, 3.05) is 13.2 Å². The molecule has 0 aliphatic rings. The summed E-state index contributed by atoms with van der Waals surface area (Å²) in [6.07, 6.45) is 71.8. The summed E-state index contributed by atoms with van der Waals surface area (Å²) in [5.41, 5.74) is 0. The molecule has 0 fully saturated rings. The lowest BCUT2D eigenvalue weighted by molar-refractivity contribution is -0.167. The summed E-state index contributed by atoms with van der Waals surface area (Å²) in [5.74, 6) is -0.956. The molecule has 0 rings (SSSR count). The van der Waals surface area contributed by atoms with Crippen molar-refractivity contribution in [1.29, 1.82) is 0 Å². The number of ether oxygens (including phenoxy) is 3. The third-order valence-corrected chi connectivity index (χ3v) is 12.4. The van der Waals surface area contributed by atoms with Gasteiger partial charge in [0, 0.05) is 19.3 Å². The molecule has 0 radical (unpaired) electrons.